The normalized spacial score (nSPS) is 12.9. The maximum Gasteiger partial charge on any atom is 0.255 e. The highest BCUT2D eigenvalue weighted by Crippen LogP contribution is 2.26. The standard InChI is InChI=1S/C35H42N4O3/c1-5-9-17-30(33(41)27(6-2)19-20-29(24-40)28-15-11-10-12-16-28)35(42)36-22-13-14-26-18-21-32-31(23-26)34(38-25-37-32)39(7-3)8-4/h5,9-12,15-18,21,23,25,27,29,40H,6-8,19-20,22,24H2,1-4H3,(H,36,42). The summed E-state index contributed by atoms with van der Waals surface area (Å²) >= 11 is 0. The van der Waals surface area contributed by atoms with Crippen LogP contribution in [0.5, 0.6) is 0 Å². The molecule has 2 N–H and O–H groups in total. The first-order valence-corrected chi connectivity index (χ1v) is 14.8. The number of rotatable bonds is 14. The van der Waals surface area contributed by atoms with Crippen LogP contribution in [0.25, 0.3) is 10.9 Å². The van der Waals surface area contributed by atoms with Gasteiger partial charge in [0.05, 0.1) is 17.6 Å². The Labute approximate surface area is 249 Å². The van der Waals surface area contributed by atoms with Crippen LogP contribution in [0.1, 0.15) is 64.0 Å². The van der Waals surface area contributed by atoms with Gasteiger partial charge in [-0.1, -0.05) is 61.2 Å². The number of carbonyl (C=O) groups excluding carboxylic acids is 2. The Balaban J connectivity index is 1.69. The Morgan fingerprint density at radius 3 is 2.48 bits per heavy atom. The number of hydrogen-bond donors (Lipinski definition) is 2. The van der Waals surface area contributed by atoms with Crippen molar-refractivity contribution in [3.8, 4) is 11.8 Å². The Bertz CT molecular complexity index is 1450. The van der Waals surface area contributed by atoms with E-state index >= 15 is 0 Å². The summed E-state index contributed by atoms with van der Waals surface area (Å²) in [5.41, 5.74) is 2.81. The van der Waals surface area contributed by atoms with Crippen LogP contribution in [-0.2, 0) is 9.59 Å². The van der Waals surface area contributed by atoms with Crippen molar-refractivity contribution >= 4 is 28.4 Å². The zero-order chi connectivity index (χ0) is 30.3. The summed E-state index contributed by atoms with van der Waals surface area (Å²) in [6, 6.07) is 15.6. The second-order valence-electron chi connectivity index (χ2n) is 10.0. The summed E-state index contributed by atoms with van der Waals surface area (Å²) in [5.74, 6) is 5.99. The first kappa shape index (κ1) is 32.2. The van der Waals surface area contributed by atoms with Gasteiger partial charge >= 0.3 is 0 Å². The van der Waals surface area contributed by atoms with Crippen LogP contribution in [0.3, 0.4) is 0 Å². The predicted molar refractivity (Wildman–Crippen MR) is 170 cm³/mol. The molecule has 0 bridgehead atoms. The maximum absolute atomic E-state index is 13.5. The lowest BCUT2D eigenvalue weighted by atomic mass is 9.85. The van der Waals surface area contributed by atoms with Gasteiger partial charge in [0.1, 0.15) is 12.1 Å². The van der Waals surface area contributed by atoms with E-state index in [0.29, 0.717) is 19.3 Å². The van der Waals surface area contributed by atoms with E-state index < -0.39 is 5.91 Å². The molecule has 0 fully saturated rings. The molecule has 42 heavy (non-hydrogen) atoms. The van der Waals surface area contributed by atoms with Gasteiger partial charge in [0.2, 0.25) is 0 Å². The third-order valence-corrected chi connectivity index (χ3v) is 7.43. The van der Waals surface area contributed by atoms with Gasteiger partial charge in [-0.25, -0.2) is 9.97 Å². The molecule has 2 atom stereocenters. The zero-order valence-electron chi connectivity index (χ0n) is 25.1. The van der Waals surface area contributed by atoms with E-state index in [9.17, 15) is 14.7 Å². The van der Waals surface area contributed by atoms with Crippen LogP contribution >= 0.6 is 0 Å². The Hall–Kier alpha value is -4.28. The lowest BCUT2D eigenvalue weighted by molar-refractivity contribution is -0.124. The lowest BCUT2D eigenvalue weighted by Crippen LogP contribution is -2.31. The number of aliphatic hydroxyl groups excluding tert-OH is 1. The summed E-state index contributed by atoms with van der Waals surface area (Å²) < 4.78 is 0. The molecule has 220 valence electrons. The number of ketones is 1. The summed E-state index contributed by atoms with van der Waals surface area (Å²) in [6.45, 7) is 9.75. The largest absolute Gasteiger partial charge is 0.396 e. The average molecular weight is 567 g/mol. The van der Waals surface area contributed by atoms with Crippen molar-refractivity contribution in [3.63, 3.8) is 0 Å². The molecule has 1 amide bonds. The van der Waals surface area contributed by atoms with Crippen molar-refractivity contribution in [2.75, 3.05) is 31.1 Å². The van der Waals surface area contributed by atoms with E-state index in [1.54, 1.807) is 24.6 Å². The third-order valence-electron chi connectivity index (χ3n) is 7.43. The molecular formula is C35H42N4O3. The molecule has 2 aromatic carbocycles. The number of Topliss-reactive ketones (excluding diaryl/α,β-unsaturated/α-hetero) is 1. The summed E-state index contributed by atoms with van der Waals surface area (Å²) in [6.07, 6.45) is 8.48. The van der Waals surface area contributed by atoms with Crippen molar-refractivity contribution in [1.29, 1.82) is 0 Å². The molecule has 7 nitrogen and oxygen atoms in total. The van der Waals surface area contributed by atoms with E-state index in [1.165, 1.54) is 0 Å². The van der Waals surface area contributed by atoms with Crippen LogP contribution in [0.15, 0.2) is 78.7 Å². The predicted octanol–water partition coefficient (Wildman–Crippen LogP) is 5.60. The molecule has 7 heteroatoms. The summed E-state index contributed by atoms with van der Waals surface area (Å²) in [7, 11) is 0. The van der Waals surface area contributed by atoms with Gasteiger partial charge in [0.15, 0.2) is 5.78 Å². The third kappa shape index (κ3) is 8.61. The summed E-state index contributed by atoms with van der Waals surface area (Å²) in [4.78, 5) is 37.7. The van der Waals surface area contributed by atoms with Gasteiger partial charge in [-0.3, -0.25) is 9.59 Å². The minimum absolute atomic E-state index is 0.00999. The van der Waals surface area contributed by atoms with Crippen molar-refractivity contribution in [3.05, 3.63) is 89.8 Å². The fourth-order valence-corrected chi connectivity index (χ4v) is 4.96. The van der Waals surface area contributed by atoms with E-state index in [0.717, 1.165) is 40.9 Å². The number of aromatic nitrogens is 2. The van der Waals surface area contributed by atoms with Gasteiger partial charge < -0.3 is 15.3 Å². The highest BCUT2D eigenvalue weighted by molar-refractivity contribution is 6.20. The first-order chi connectivity index (χ1) is 20.5. The number of carbonyl (C=O) groups is 2. The van der Waals surface area contributed by atoms with Gasteiger partial charge in [-0.2, -0.15) is 0 Å². The fraction of sp³-hybridized carbons (Fsp3) is 0.371. The maximum atomic E-state index is 13.5. The lowest BCUT2D eigenvalue weighted by Gasteiger charge is -2.21. The molecule has 1 aromatic heterocycles. The van der Waals surface area contributed by atoms with Gasteiger partial charge in [-0.05, 0) is 69.9 Å². The van der Waals surface area contributed by atoms with E-state index in [4.69, 9.17) is 0 Å². The highest BCUT2D eigenvalue weighted by atomic mass is 16.3. The Kier molecular flexibility index (Phi) is 12.9. The number of fused-ring (bicyclic) bond motifs is 1. The SMILES string of the molecule is CC=CC=C(C(=O)NCC#Cc1ccc2ncnc(N(CC)CC)c2c1)C(=O)C(CC)CCC(CO)c1ccccc1. The fourth-order valence-electron chi connectivity index (χ4n) is 4.96. The van der Waals surface area contributed by atoms with Gasteiger partial charge in [-0.15, -0.1) is 0 Å². The smallest absolute Gasteiger partial charge is 0.255 e. The number of amides is 1. The number of nitrogens with one attached hydrogen (secondary N) is 1. The van der Waals surface area contributed by atoms with E-state index in [1.807, 2.05) is 62.4 Å². The van der Waals surface area contributed by atoms with Crippen LogP contribution in [0.2, 0.25) is 0 Å². The Morgan fingerprint density at radius 1 is 1.05 bits per heavy atom. The Morgan fingerprint density at radius 2 is 1.81 bits per heavy atom. The van der Waals surface area contributed by atoms with Crippen molar-refractivity contribution in [2.24, 2.45) is 5.92 Å². The molecule has 0 saturated carbocycles. The molecule has 0 saturated heterocycles. The van der Waals surface area contributed by atoms with Crippen LogP contribution in [0, 0.1) is 17.8 Å². The molecule has 0 aliphatic heterocycles. The number of allylic oxidation sites excluding steroid dienone is 3. The van der Waals surface area contributed by atoms with Gasteiger partial charge in [0, 0.05) is 42.5 Å². The van der Waals surface area contributed by atoms with Crippen LogP contribution < -0.4 is 10.2 Å². The molecule has 0 spiro atoms. The molecule has 3 rings (SSSR count). The highest BCUT2D eigenvalue weighted by Gasteiger charge is 2.26. The number of nitrogens with zero attached hydrogens (tertiary/aromatic N) is 3. The topological polar surface area (TPSA) is 95.4 Å². The minimum Gasteiger partial charge on any atom is -0.396 e. The first-order valence-electron chi connectivity index (χ1n) is 14.8. The molecule has 0 radical (unpaired) electrons. The number of benzene rings is 2. The van der Waals surface area contributed by atoms with Gasteiger partial charge in [0.25, 0.3) is 5.91 Å². The number of aliphatic hydroxyl groups is 1. The average Bonchev–Trinajstić information content (AvgIpc) is 3.02. The number of anilines is 1. The van der Waals surface area contributed by atoms with Crippen molar-refractivity contribution < 1.29 is 14.7 Å². The monoisotopic (exact) mass is 566 g/mol. The van der Waals surface area contributed by atoms with Crippen molar-refractivity contribution in [1.82, 2.24) is 15.3 Å². The second-order valence-corrected chi connectivity index (χ2v) is 10.0. The molecule has 0 aliphatic carbocycles. The van der Waals surface area contributed by atoms with E-state index in [2.05, 4.69) is 45.9 Å². The van der Waals surface area contributed by atoms with Crippen molar-refractivity contribution in [2.45, 2.75) is 52.9 Å². The van der Waals surface area contributed by atoms with Crippen LogP contribution in [-0.4, -0.2) is 53.0 Å². The molecular weight excluding hydrogens is 524 g/mol. The molecule has 2 unspecified atom stereocenters. The zero-order valence-corrected chi connectivity index (χ0v) is 25.1. The minimum atomic E-state index is -0.441. The quantitative estimate of drug-likeness (QED) is 0.0868. The molecule has 3 aromatic rings. The van der Waals surface area contributed by atoms with E-state index in [-0.39, 0.29) is 36.3 Å². The van der Waals surface area contributed by atoms with Crippen LogP contribution in [0.4, 0.5) is 5.82 Å². The molecule has 1 heterocycles. The molecule has 0 aliphatic rings. The second kappa shape index (κ2) is 16.9. The number of hydrogen-bond acceptors (Lipinski definition) is 6. The summed E-state index contributed by atoms with van der Waals surface area (Å²) in [5, 5.41) is 13.7.